The summed E-state index contributed by atoms with van der Waals surface area (Å²) in [6.07, 6.45) is 5.46. The first-order valence-electron chi connectivity index (χ1n) is 6.71. The number of aromatic nitrogens is 3. The molecular formula is C12H19N5O. The summed E-state index contributed by atoms with van der Waals surface area (Å²) in [5.41, 5.74) is 0. The largest absolute Gasteiger partial charge is 0.341 e. The second kappa shape index (κ2) is 5.06. The number of amides is 1. The summed E-state index contributed by atoms with van der Waals surface area (Å²) in [5, 5.41) is 7.72. The Labute approximate surface area is 106 Å². The van der Waals surface area contributed by atoms with Gasteiger partial charge >= 0.3 is 0 Å². The molecule has 1 atom stereocenters. The van der Waals surface area contributed by atoms with Crippen molar-refractivity contribution >= 4 is 5.91 Å². The van der Waals surface area contributed by atoms with Crippen molar-refractivity contribution < 1.29 is 4.79 Å². The van der Waals surface area contributed by atoms with Gasteiger partial charge in [-0.25, -0.2) is 9.67 Å². The molecule has 1 unspecified atom stereocenters. The maximum atomic E-state index is 11.5. The highest BCUT2D eigenvalue weighted by molar-refractivity contribution is 5.78. The molecule has 18 heavy (non-hydrogen) atoms. The maximum absolute atomic E-state index is 11.5. The Bertz CT molecular complexity index is 430. The van der Waals surface area contributed by atoms with E-state index in [9.17, 15) is 4.79 Å². The second-order valence-corrected chi connectivity index (χ2v) is 5.03. The Morgan fingerprint density at radius 3 is 3.22 bits per heavy atom. The third-order valence-electron chi connectivity index (χ3n) is 3.79. The molecule has 1 aromatic heterocycles. The molecule has 1 amide bonds. The molecule has 98 valence electrons. The summed E-state index contributed by atoms with van der Waals surface area (Å²) in [4.78, 5) is 17.6. The Kier molecular flexibility index (Phi) is 3.27. The lowest BCUT2D eigenvalue weighted by atomic mass is 10.1. The maximum Gasteiger partial charge on any atom is 0.222 e. The molecule has 3 heterocycles. The summed E-state index contributed by atoms with van der Waals surface area (Å²) < 4.78 is 1.97. The number of carbonyl (C=O) groups is 1. The van der Waals surface area contributed by atoms with E-state index in [4.69, 9.17) is 0 Å². The normalized spacial score (nSPS) is 23.4. The predicted octanol–water partition coefficient (Wildman–Crippen LogP) is -0.195. The highest BCUT2D eigenvalue weighted by atomic mass is 16.2. The van der Waals surface area contributed by atoms with Crippen LogP contribution in [-0.2, 0) is 17.8 Å². The lowest BCUT2D eigenvalue weighted by Gasteiger charge is -2.25. The number of hydrogen-bond acceptors (Lipinski definition) is 4. The zero-order valence-electron chi connectivity index (χ0n) is 10.5. The molecule has 2 aliphatic rings. The molecule has 1 N–H and O–H groups in total. The van der Waals surface area contributed by atoms with E-state index >= 15 is 0 Å². The standard InChI is InChI=1S/C12H19N5O/c18-12-2-1-6-16(12)7-5-13-10-3-4-11-14-9-15-17(11)8-10/h9-10,13H,1-8H2. The third kappa shape index (κ3) is 2.38. The number of nitrogens with one attached hydrogen (secondary N) is 1. The van der Waals surface area contributed by atoms with E-state index < -0.39 is 0 Å². The van der Waals surface area contributed by atoms with E-state index in [1.807, 2.05) is 9.58 Å². The zero-order chi connectivity index (χ0) is 12.4. The van der Waals surface area contributed by atoms with Crippen LogP contribution >= 0.6 is 0 Å². The molecular weight excluding hydrogens is 230 g/mol. The molecule has 6 nitrogen and oxygen atoms in total. The summed E-state index contributed by atoms with van der Waals surface area (Å²) in [6, 6.07) is 0.455. The highest BCUT2D eigenvalue weighted by Gasteiger charge is 2.21. The van der Waals surface area contributed by atoms with Crippen LogP contribution in [0.1, 0.15) is 25.1 Å². The molecule has 0 aliphatic carbocycles. The van der Waals surface area contributed by atoms with Gasteiger partial charge in [-0.3, -0.25) is 4.79 Å². The number of aryl methyl sites for hydroxylation is 1. The number of rotatable bonds is 4. The van der Waals surface area contributed by atoms with Crippen LogP contribution in [0.2, 0.25) is 0 Å². The van der Waals surface area contributed by atoms with Crippen LogP contribution in [0.25, 0.3) is 0 Å². The van der Waals surface area contributed by atoms with Gasteiger partial charge in [-0.2, -0.15) is 5.10 Å². The Morgan fingerprint density at radius 1 is 1.44 bits per heavy atom. The molecule has 0 spiro atoms. The van der Waals surface area contributed by atoms with Gasteiger partial charge in [0.05, 0.1) is 6.54 Å². The molecule has 1 aromatic rings. The zero-order valence-corrected chi connectivity index (χ0v) is 10.5. The minimum Gasteiger partial charge on any atom is -0.341 e. The van der Waals surface area contributed by atoms with Crippen LogP contribution in [0, 0.1) is 0 Å². The lowest BCUT2D eigenvalue weighted by Crippen LogP contribution is -2.42. The fourth-order valence-corrected chi connectivity index (χ4v) is 2.75. The van der Waals surface area contributed by atoms with Gasteiger partial charge in [0.1, 0.15) is 12.2 Å². The van der Waals surface area contributed by atoms with Crippen LogP contribution in [0.5, 0.6) is 0 Å². The summed E-state index contributed by atoms with van der Waals surface area (Å²) in [5.74, 6) is 1.39. The summed E-state index contributed by atoms with van der Waals surface area (Å²) in [7, 11) is 0. The molecule has 3 rings (SSSR count). The number of carbonyl (C=O) groups excluding carboxylic acids is 1. The molecule has 0 bridgehead atoms. The minimum absolute atomic E-state index is 0.305. The van der Waals surface area contributed by atoms with E-state index in [0.29, 0.717) is 11.9 Å². The van der Waals surface area contributed by atoms with E-state index in [1.54, 1.807) is 6.33 Å². The van der Waals surface area contributed by atoms with Crippen LogP contribution in [0.15, 0.2) is 6.33 Å². The molecule has 6 heteroatoms. The first-order valence-corrected chi connectivity index (χ1v) is 6.71. The van der Waals surface area contributed by atoms with Crippen LogP contribution in [0.4, 0.5) is 0 Å². The van der Waals surface area contributed by atoms with Gasteiger partial charge in [-0.05, 0) is 12.8 Å². The number of hydrogen-bond donors (Lipinski definition) is 1. The van der Waals surface area contributed by atoms with Gasteiger partial charge in [0.15, 0.2) is 0 Å². The third-order valence-corrected chi connectivity index (χ3v) is 3.79. The van der Waals surface area contributed by atoms with Gasteiger partial charge in [0.2, 0.25) is 5.91 Å². The fraction of sp³-hybridized carbons (Fsp3) is 0.750. The van der Waals surface area contributed by atoms with Gasteiger partial charge in [0, 0.05) is 38.5 Å². The van der Waals surface area contributed by atoms with Crippen molar-refractivity contribution in [2.45, 2.75) is 38.3 Å². The van der Waals surface area contributed by atoms with Crippen molar-refractivity contribution in [1.29, 1.82) is 0 Å². The Balaban J connectivity index is 1.43. The van der Waals surface area contributed by atoms with Gasteiger partial charge in [0.25, 0.3) is 0 Å². The van der Waals surface area contributed by atoms with Crippen molar-refractivity contribution in [1.82, 2.24) is 25.0 Å². The van der Waals surface area contributed by atoms with Gasteiger partial charge in [-0.1, -0.05) is 0 Å². The monoisotopic (exact) mass is 249 g/mol. The van der Waals surface area contributed by atoms with E-state index in [-0.39, 0.29) is 0 Å². The number of nitrogens with zero attached hydrogens (tertiary/aromatic N) is 4. The van der Waals surface area contributed by atoms with Crippen molar-refractivity contribution in [2.24, 2.45) is 0 Å². The van der Waals surface area contributed by atoms with Crippen molar-refractivity contribution in [3.8, 4) is 0 Å². The number of fused-ring (bicyclic) bond motifs is 1. The van der Waals surface area contributed by atoms with E-state index in [0.717, 1.165) is 57.7 Å². The number of likely N-dealkylation sites (tertiary alicyclic amines) is 1. The van der Waals surface area contributed by atoms with E-state index in [2.05, 4.69) is 15.4 Å². The van der Waals surface area contributed by atoms with Crippen molar-refractivity contribution in [3.05, 3.63) is 12.2 Å². The Hall–Kier alpha value is -1.43. The highest BCUT2D eigenvalue weighted by Crippen LogP contribution is 2.12. The van der Waals surface area contributed by atoms with E-state index in [1.165, 1.54) is 0 Å². The van der Waals surface area contributed by atoms with Crippen LogP contribution in [0.3, 0.4) is 0 Å². The van der Waals surface area contributed by atoms with Crippen LogP contribution < -0.4 is 5.32 Å². The quantitative estimate of drug-likeness (QED) is 0.803. The molecule has 0 saturated carbocycles. The Morgan fingerprint density at radius 2 is 2.39 bits per heavy atom. The average Bonchev–Trinajstić information content (AvgIpc) is 2.98. The first kappa shape index (κ1) is 11.6. The SMILES string of the molecule is O=C1CCCN1CCNC1CCc2ncnn2C1. The molecule has 2 aliphatic heterocycles. The second-order valence-electron chi connectivity index (χ2n) is 5.03. The lowest BCUT2D eigenvalue weighted by molar-refractivity contribution is -0.127. The average molecular weight is 249 g/mol. The molecule has 0 aromatic carbocycles. The smallest absolute Gasteiger partial charge is 0.222 e. The molecule has 0 radical (unpaired) electrons. The minimum atomic E-state index is 0.305. The van der Waals surface area contributed by atoms with Crippen molar-refractivity contribution in [3.63, 3.8) is 0 Å². The molecule has 1 fully saturated rings. The van der Waals surface area contributed by atoms with Crippen LogP contribution in [-0.4, -0.2) is 51.2 Å². The first-order chi connectivity index (χ1) is 8.83. The van der Waals surface area contributed by atoms with Gasteiger partial charge < -0.3 is 10.2 Å². The fourth-order valence-electron chi connectivity index (χ4n) is 2.75. The molecule has 1 saturated heterocycles. The summed E-state index contributed by atoms with van der Waals surface area (Å²) >= 11 is 0. The van der Waals surface area contributed by atoms with Crippen molar-refractivity contribution in [2.75, 3.05) is 19.6 Å². The summed E-state index contributed by atoms with van der Waals surface area (Å²) in [6.45, 7) is 3.53. The van der Waals surface area contributed by atoms with Gasteiger partial charge in [-0.15, -0.1) is 0 Å². The predicted molar refractivity (Wildman–Crippen MR) is 65.9 cm³/mol. The topological polar surface area (TPSA) is 63.1 Å².